The summed E-state index contributed by atoms with van der Waals surface area (Å²) in [6.45, 7) is 10.4. The van der Waals surface area contributed by atoms with Gasteiger partial charge in [-0.25, -0.2) is 9.79 Å². The molecule has 0 saturated carbocycles. The van der Waals surface area contributed by atoms with E-state index < -0.39 is 12.0 Å². The van der Waals surface area contributed by atoms with E-state index in [4.69, 9.17) is 9.73 Å². The van der Waals surface area contributed by atoms with Crippen LogP contribution in [0.25, 0.3) is 17.5 Å². The van der Waals surface area contributed by atoms with Gasteiger partial charge in [0, 0.05) is 42.4 Å². The molecule has 1 aliphatic rings. The molecule has 3 aromatic carbocycles. The second-order valence-corrected chi connectivity index (χ2v) is 13.3. The van der Waals surface area contributed by atoms with Gasteiger partial charge in [0.05, 0.1) is 28.5 Å². The topological polar surface area (TPSA) is 68.8 Å². The first-order valence-electron chi connectivity index (χ1n) is 15.9. The second kappa shape index (κ2) is 13.0. The fourth-order valence-corrected chi connectivity index (χ4v) is 7.18. The number of carbonyl (C=O) groups is 1. The number of hydrogen-bond acceptors (Lipinski definition) is 6. The lowest BCUT2D eigenvalue weighted by atomic mass is 9.91. The summed E-state index contributed by atoms with van der Waals surface area (Å²) in [7, 11) is 4.05. The van der Waals surface area contributed by atoms with Crippen LogP contribution in [0.5, 0.6) is 0 Å². The van der Waals surface area contributed by atoms with Gasteiger partial charge in [-0.05, 0) is 79.8 Å². The molecule has 0 fully saturated rings. The molecule has 1 aliphatic heterocycles. The molecule has 0 saturated heterocycles. The maximum Gasteiger partial charge on any atom is 0.338 e. The molecule has 0 spiro atoms. The van der Waals surface area contributed by atoms with Gasteiger partial charge in [-0.1, -0.05) is 79.8 Å². The Bertz CT molecular complexity index is 2150. The fourth-order valence-electron chi connectivity index (χ4n) is 6.19. The van der Waals surface area contributed by atoms with E-state index >= 15 is 0 Å². The summed E-state index contributed by atoms with van der Waals surface area (Å²) in [6.07, 6.45) is 1.95. The molecule has 1 atom stereocenters. The van der Waals surface area contributed by atoms with Crippen LogP contribution in [0.3, 0.4) is 0 Å². The number of hydrogen-bond donors (Lipinski definition) is 0. The van der Waals surface area contributed by atoms with E-state index in [1.54, 1.807) is 11.5 Å². The zero-order valence-corrected chi connectivity index (χ0v) is 28.8. The standard InChI is InChI=1S/C39H40N4O3S/c1-8-46-38(45)34-35(28-12-10-9-11-13-28)40-39-43(36(34)29-16-14-27(15-17-29)24(2)3)37(44)33(47-39)23-30-22-25(4)42(26(30)5)32-20-18-31(19-21-32)41(6)7/h9-24,36H,8H2,1-7H3/b33-23+/t36-/m0/s1. The van der Waals surface area contributed by atoms with Crippen LogP contribution < -0.4 is 19.8 Å². The predicted molar refractivity (Wildman–Crippen MR) is 191 cm³/mol. The summed E-state index contributed by atoms with van der Waals surface area (Å²) in [4.78, 5) is 35.8. The molecule has 47 heavy (non-hydrogen) atoms. The average Bonchev–Trinajstić information content (AvgIpc) is 3.53. The molecule has 6 rings (SSSR count). The number of thiazole rings is 1. The van der Waals surface area contributed by atoms with Crippen LogP contribution in [0, 0.1) is 13.8 Å². The van der Waals surface area contributed by atoms with Crippen LogP contribution in [-0.4, -0.2) is 35.8 Å². The van der Waals surface area contributed by atoms with Crippen molar-refractivity contribution in [3.05, 3.63) is 144 Å². The normalized spacial score (nSPS) is 14.7. The Hall–Kier alpha value is -4.95. The molecule has 0 bridgehead atoms. The molecule has 2 aromatic heterocycles. The summed E-state index contributed by atoms with van der Waals surface area (Å²) in [5.74, 6) is -0.137. The van der Waals surface area contributed by atoms with E-state index in [1.807, 2.05) is 62.6 Å². The number of nitrogens with zero attached hydrogens (tertiary/aromatic N) is 4. The van der Waals surface area contributed by atoms with E-state index in [9.17, 15) is 9.59 Å². The number of ether oxygens (including phenoxy) is 1. The van der Waals surface area contributed by atoms with Gasteiger partial charge >= 0.3 is 5.97 Å². The minimum absolute atomic E-state index is 0.194. The summed E-state index contributed by atoms with van der Waals surface area (Å²) < 4.78 is 10.0. The van der Waals surface area contributed by atoms with Gasteiger partial charge in [0.1, 0.15) is 0 Å². The van der Waals surface area contributed by atoms with Crippen molar-refractivity contribution < 1.29 is 9.53 Å². The van der Waals surface area contributed by atoms with Crippen molar-refractivity contribution in [3.8, 4) is 5.69 Å². The molecule has 0 radical (unpaired) electrons. The van der Waals surface area contributed by atoms with Gasteiger partial charge in [0.2, 0.25) is 0 Å². The Morgan fingerprint density at radius 2 is 1.68 bits per heavy atom. The fraction of sp³-hybridized carbons (Fsp3) is 0.256. The van der Waals surface area contributed by atoms with E-state index in [0.29, 0.717) is 26.5 Å². The third kappa shape index (κ3) is 6.01. The molecular weight excluding hydrogens is 605 g/mol. The van der Waals surface area contributed by atoms with Gasteiger partial charge in [-0.2, -0.15) is 0 Å². The first-order valence-corrected chi connectivity index (χ1v) is 16.8. The largest absolute Gasteiger partial charge is 0.463 e. The zero-order chi connectivity index (χ0) is 33.4. The molecule has 0 aliphatic carbocycles. The smallest absolute Gasteiger partial charge is 0.338 e. The minimum atomic E-state index is -0.702. The first-order chi connectivity index (χ1) is 22.6. The molecule has 8 heteroatoms. The van der Waals surface area contributed by atoms with Crippen LogP contribution in [0.15, 0.2) is 100 Å². The van der Waals surface area contributed by atoms with Crippen molar-refractivity contribution in [2.45, 2.75) is 46.6 Å². The van der Waals surface area contributed by atoms with E-state index in [0.717, 1.165) is 39.5 Å². The van der Waals surface area contributed by atoms with E-state index in [-0.39, 0.29) is 12.2 Å². The summed E-state index contributed by atoms with van der Waals surface area (Å²) in [5.41, 5.74) is 8.72. The summed E-state index contributed by atoms with van der Waals surface area (Å²) >= 11 is 1.34. The lowest BCUT2D eigenvalue weighted by Crippen LogP contribution is -2.40. The number of anilines is 1. The number of aryl methyl sites for hydroxylation is 1. The lowest BCUT2D eigenvalue weighted by Gasteiger charge is -2.26. The highest BCUT2D eigenvalue weighted by Crippen LogP contribution is 2.35. The van der Waals surface area contributed by atoms with Gasteiger partial charge in [-0.3, -0.25) is 9.36 Å². The number of fused-ring (bicyclic) bond motifs is 1. The Morgan fingerprint density at radius 3 is 2.30 bits per heavy atom. The van der Waals surface area contributed by atoms with Crippen LogP contribution in [0.2, 0.25) is 0 Å². The zero-order valence-electron chi connectivity index (χ0n) is 27.9. The Kier molecular flexibility index (Phi) is 8.88. The van der Waals surface area contributed by atoms with E-state index in [1.165, 1.54) is 16.9 Å². The Balaban J connectivity index is 1.56. The molecule has 0 unspecified atom stereocenters. The average molecular weight is 645 g/mol. The molecule has 0 N–H and O–H groups in total. The van der Waals surface area contributed by atoms with Crippen LogP contribution in [-0.2, 0) is 9.53 Å². The lowest BCUT2D eigenvalue weighted by molar-refractivity contribution is -0.138. The van der Waals surface area contributed by atoms with Crippen molar-refractivity contribution in [1.29, 1.82) is 0 Å². The third-order valence-electron chi connectivity index (χ3n) is 8.67. The highest BCUT2D eigenvalue weighted by Gasteiger charge is 2.35. The van der Waals surface area contributed by atoms with Crippen LogP contribution in [0.4, 0.5) is 5.69 Å². The summed E-state index contributed by atoms with van der Waals surface area (Å²) in [5, 5.41) is 0. The summed E-state index contributed by atoms with van der Waals surface area (Å²) in [6, 6.07) is 27.6. The highest BCUT2D eigenvalue weighted by atomic mass is 32.1. The van der Waals surface area contributed by atoms with Crippen LogP contribution in [0.1, 0.15) is 66.4 Å². The number of rotatable bonds is 8. The van der Waals surface area contributed by atoms with Crippen molar-refractivity contribution >= 4 is 34.8 Å². The second-order valence-electron chi connectivity index (χ2n) is 12.3. The van der Waals surface area contributed by atoms with Crippen LogP contribution >= 0.6 is 11.3 Å². The SMILES string of the molecule is CCOC(=O)C1=C(c2ccccc2)N=c2s/c(=C/c3cc(C)n(-c4ccc(N(C)C)cc4)c3C)c(=O)n2[C@H]1c1ccc(C(C)C)cc1. The number of esters is 1. The Labute approximate surface area is 279 Å². The highest BCUT2D eigenvalue weighted by molar-refractivity contribution is 7.07. The molecule has 3 heterocycles. The third-order valence-corrected chi connectivity index (χ3v) is 9.66. The van der Waals surface area contributed by atoms with Gasteiger partial charge in [0.25, 0.3) is 5.56 Å². The van der Waals surface area contributed by atoms with Gasteiger partial charge in [-0.15, -0.1) is 0 Å². The predicted octanol–water partition coefficient (Wildman–Crippen LogP) is 6.53. The minimum Gasteiger partial charge on any atom is -0.463 e. The maximum atomic E-state index is 14.4. The number of carbonyl (C=O) groups excluding carboxylic acids is 1. The van der Waals surface area contributed by atoms with Crippen molar-refractivity contribution in [2.24, 2.45) is 4.99 Å². The molecule has 7 nitrogen and oxygen atoms in total. The molecule has 240 valence electrons. The number of aromatic nitrogens is 2. The van der Waals surface area contributed by atoms with Crippen molar-refractivity contribution in [2.75, 3.05) is 25.6 Å². The molecule has 5 aromatic rings. The van der Waals surface area contributed by atoms with Gasteiger partial charge in [0.15, 0.2) is 4.80 Å². The Morgan fingerprint density at radius 1 is 1.00 bits per heavy atom. The van der Waals surface area contributed by atoms with Gasteiger partial charge < -0.3 is 14.2 Å². The van der Waals surface area contributed by atoms with E-state index in [2.05, 4.69) is 79.6 Å². The maximum absolute atomic E-state index is 14.4. The monoisotopic (exact) mass is 644 g/mol. The quantitative estimate of drug-likeness (QED) is 0.180. The van der Waals surface area contributed by atoms with Crippen molar-refractivity contribution in [3.63, 3.8) is 0 Å². The number of benzene rings is 3. The van der Waals surface area contributed by atoms with Crippen molar-refractivity contribution in [1.82, 2.24) is 9.13 Å². The molecular formula is C39H40N4O3S. The first kappa shape index (κ1) is 32.0. The molecule has 0 amide bonds.